The number of nitrogens with zero attached hydrogens (tertiary/aromatic N) is 1. The minimum absolute atomic E-state index is 0.0917. The Morgan fingerprint density at radius 2 is 1.86 bits per heavy atom. The Balaban J connectivity index is 2.78. The van der Waals surface area contributed by atoms with E-state index in [1.165, 1.54) is 0 Å². The van der Waals surface area contributed by atoms with E-state index in [-0.39, 0.29) is 17.0 Å². The third kappa shape index (κ3) is 5.62. The summed E-state index contributed by atoms with van der Waals surface area (Å²) in [4.78, 5) is 2.23. The van der Waals surface area contributed by atoms with Gasteiger partial charge in [-0.15, -0.1) is 0 Å². The van der Waals surface area contributed by atoms with E-state index in [1.807, 2.05) is 11.9 Å². The van der Waals surface area contributed by atoms with E-state index in [2.05, 4.69) is 4.72 Å². The van der Waals surface area contributed by atoms with Crippen LogP contribution in [0.2, 0.25) is 0 Å². The molecule has 0 radical (unpaired) electrons. The number of sulfonamides is 1. The zero-order valence-electron chi connectivity index (χ0n) is 13.0. The second-order valence-electron chi connectivity index (χ2n) is 5.37. The van der Waals surface area contributed by atoms with Gasteiger partial charge in [-0.3, -0.25) is 0 Å². The number of benzene rings is 1. The molecule has 0 aliphatic rings. The summed E-state index contributed by atoms with van der Waals surface area (Å²) in [6.07, 6.45) is 0. The zero-order chi connectivity index (χ0) is 16.0. The Bertz CT molecular complexity index is 529. The fraction of sp³-hybridized carbons (Fsp3) is 0.571. The first kappa shape index (κ1) is 17.9. The lowest BCUT2D eigenvalue weighted by molar-refractivity contribution is 0.181. The number of hydrogen-bond acceptors (Lipinski definition) is 5. The Morgan fingerprint density at radius 1 is 1.29 bits per heavy atom. The van der Waals surface area contributed by atoms with Crippen LogP contribution < -0.4 is 15.4 Å². The van der Waals surface area contributed by atoms with E-state index < -0.39 is 10.0 Å². The molecule has 21 heavy (non-hydrogen) atoms. The lowest BCUT2D eigenvalue weighted by atomic mass is 10.2. The second kappa shape index (κ2) is 7.74. The molecule has 0 bridgehead atoms. The number of nitrogens with two attached hydrogens (primary N) is 1. The Labute approximate surface area is 127 Å². The first-order chi connectivity index (χ1) is 9.76. The summed E-state index contributed by atoms with van der Waals surface area (Å²) in [6.45, 7) is 4.69. The van der Waals surface area contributed by atoms with Crippen molar-refractivity contribution >= 4 is 15.7 Å². The van der Waals surface area contributed by atoms with Crippen LogP contribution in [0.3, 0.4) is 0 Å². The van der Waals surface area contributed by atoms with Gasteiger partial charge in [0.1, 0.15) is 0 Å². The van der Waals surface area contributed by atoms with Crippen molar-refractivity contribution in [1.29, 1.82) is 0 Å². The fourth-order valence-electron chi connectivity index (χ4n) is 1.98. The van der Waals surface area contributed by atoms with Crippen LogP contribution in [0.1, 0.15) is 13.8 Å². The van der Waals surface area contributed by atoms with Crippen LogP contribution in [0.25, 0.3) is 0 Å². The van der Waals surface area contributed by atoms with E-state index in [1.54, 1.807) is 45.2 Å². The maximum atomic E-state index is 12.0. The number of hydrogen-bond donors (Lipinski definition) is 2. The predicted octanol–water partition coefficient (Wildman–Crippen LogP) is 0.783. The molecular weight excluding hydrogens is 290 g/mol. The van der Waals surface area contributed by atoms with Crippen LogP contribution in [0.4, 0.5) is 5.69 Å². The molecule has 1 unspecified atom stereocenters. The van der Waals surface area contributed by atoms with Crippen molar-refractivity contribution in [2.75, 3.05) is 32.2 Å². The molecule has 1 aromatic carbocycles. The molecule has 1 atom stereocenters. The highest BCUT2D eigenvalue weighted by molar-refractivity contribution is 7.89. The predicted molar refractivity (Wildman–Crippen MR) is 85.0 cm³/mol. The number of anilines is 1. The second-order valence-corrected chi connectivity index (χ2v) is 7.08. The third-order valence-electron chi connectivity index (χ3n) is 2.87. The summed E-state index contributed by atoms with van der Waals surface area (Å²) in [5.41, 5.74) is 6.81. The van der Waals surface area contributed by atoms with Crippen molar-refractivity contribution in [3.8, 4) is 0 Å². The quantitative estimate of drug-likeness (QED) is 0.741. The van der Waals surface area contributed by atoms with Crippen LogP contribution in [0.15, 0.2) is 29.2 Å². The first-order valence-corrected chi connectivity index (χ1v) is 8.32. The fourth-order valence-corrected chi connectivity index (χ4v) is 3.23. The Morgan fingerprint density at radius 3 is 2.33 bits per heavy atom. The van der Waals surface area contributed by atoms with Gasteiger partial charge in [-0.2, -0.15) is 0 Å². The first-order valence-electron chi connectivity index (χ1n) is 6.84. The summed E-state index contributed by atoms with van der Waals surface area (Å²) < 4.78 is 31.6. The van der Waals surface area contributed by atoms with Crippen molar-refractivity contribution in [2.24, 2.45) is 5.73 Å². The maximum absolute atomic E-state index is 12.0. The highest BCUT2D eigenvalue weighted by Gasteiger charge is 2.15. The third-order valence-corrected chi connectivity index (χ3v) is 4.54. The van der Waals surface area contributed by atoms with Gasteiger partial charge in [0.25, 0.3) is 0 Å². The van der Waals surface area contributed by atoms with E-state index in [4.69, 9.17) is 10.5 Å². The van der Waals surface area contributed by atoms with Crippen LogP contribution in [0.5, 0.6) is 0 Å². The van der Waals surface area contributed by atoms with Gasteiger partial charge < -0.3 is 15.4 Å². The average Bonchev–Trinajstić information content (AvgIpc) is 2.37. The van der Waals surface area contributed by atoms with Crippen LogP contribution in [-0.2, 0) is 14.8 Å². The van der Waals surface area contributed by atoms with Crippen molar-refractivity contribution in [3.63, 3.8) is 0 Å². The maximum Gasteiger partial charge on any atom is 0.240 e. The Kier molecular flexibility index (Phi) is 6.60. The summed E-state index contributed by atoms with van der Waals surface area (Å²) in [7, 11) is 0.0736. The molecule has 0 fully saturated rings. The average molecular weight is 315 g/mol. The van der Waals surface area contributed by atoms with Crippen LogP contribution >= 0.6 is 0 Å². The van der Waals surface area contributed by atoms with Crippen molar-refractivity contribution in [2.45, 2.75) is 30.8 Å². The minimum Gasteiger partial charge on any atom is -0.383 e. The number of nitrogens with one attached hydrogen (secondary N) is 1. The van der Waals surface area contributed by atoms with Crippen molar-refractivity contribution in [1.82, 2.24) is 4.72 Å². The molecule has 0 saturated carbocycles. The zero-order valence-corrected chi connectivity index (χ0v) is 13.9. The molecular formula is C14H25N3O3S. The molecule has 120 valence electrons. The largest absolute Gasteiger partial charge is 0.383 e. The van der Waals surface area contributed by atoms with E-state index in [0.717, 1.165) is 5.69 Å². The van der Waals surface area contributed by atoms with Gasteiger partial charge in [-0.05, 0) is 38.1 Å². The van der Waals surface area contributed by atoms with E-state index >= 15 is 0 Å². The topological polar surface area (TPSA) is 84.7 Å². The summed E-state index contributed by atoms with van der Waals surface area (Å²) >= 11 is 0. The summed E-state index contributed by atoms with van der Waals surface area (Å²) in [6, 6.07) is 6.51. The smallest absolute Gasteiger partial charge is 0.240 e. The van der Waals surface area contributed by atoms with Gasteiger partial charge >= 0.3 is 0 Å². The molecule has 0 spiro atoms. The molecule has 1 rings (SSSR count). The SMILES string of the molecule is COCC(N)CN(C)c1ccc(S(=O)(=O)NC(C)C)cc1. The molecule has 0 heterocycles. The highest BCUT2D eigenvalue weighted by Crippen LogP contribution is 2.17. The lowest BCUT2D eigenvalue weighted by Gasteiger charge is -2.23. The molecule has 0 saturated heterocycles. The molecule has 3 N–H and O–H groups in total. The monoisotopic (exact) mass is 315 g/mol. The normalized spacial score (nSPS) is 13.4. The minimum atomic E-state index is -3.45. The standard InChI is InChI=1S/C14H25N3O3S/c1-11(2)16-21(18,19)14-7-5-13(6-8-14)17(3)9-12(15)10-20-4/h5-8,11-12,16H,9-10,15H2,1-4H3. The number of rotatable bonds is 8. The molecule has 0 aliphatic carbocycles. The Hall–Kier alpha value is -1.15. The van der Waals surface area contributed by atoms with Crippen molar-refractivity contribution in [3.05, 3.63) is 24.3 Å². The summed E-state index contributed by atoms with van der Waals surface area (Å²) in [5.74, 6) is 0. The van der Waals surface area contributed by atoms with E-state index in [9.17, 15) is 8.42 Å². The highest BCUT2D eigenvalue weighted by atomic mass is 32.2. The van der Waals surface area contributed by atoms with Crippen LogP contribution in [-0.4, -0.2) is 47.8 Å². The van der Waals surface area contributed by atoms with Gasteiger partial charge in [-0.25, -0.2) is 13.1 Å². The van der Waals surface area contributed by atoms with Gasteiger partial charge in [0.05, 0.1) is 11.5 Å². The van der Waals surface area contributed by atoms with Gasteiger partial charge in [-0.1, -0.05) is 0 Å². The summed E-state index contributed by atoms with van der Waals surface area (Å²) in [5, 5.41) is 0. The molecule has 0 aromatic heterocycles. The van der Waals surface area contributed by atoms with Gasteiger partial charge in [0.2, 0.25) is 10.0 Å². The number of methoxy groups -OCH3 is 1. The van der Waals surface area contributed by atoms with Crippen molar-refractivity contribution < 1.29 is 13.2 Å². The molecule has 0 aliphatic heterocycles. The molecule has 1 aromatic rings. The number of ether oxygens (including phenoxy) is 1. The van der Waals surface area contributed by atoms with Crippen LogP contribution in [0, 0.1) is 0 Å². The van der Waals surface area contributed by atoms with Gasteiger partial charge in [0.15, 0.2) is 0 Å². The molecule has 6 nitrogen and oxygen atoms in total. The molecule has 0 amide bonds. The number of likely N-dealkylation sites (N-methyl/N-ethyl adjacent to an activating group) is 1. The lowest BCUT2D eigenvalue weighted by Crippen LogP contribution is -2.38. The molecule has 7 heteroatoms. The van der Waals surface area contributed by atoms with E-state index in [0.29, 0.717) is 13.2 Å². The van der Waals surface area contributed by atoms with Gasteiger partial charge in [0, 0.05) is 38.5 Å².